The molecule has 10 heteroatoms. The first kappa shape index (κ1) is 17.1. The summed E-state index contributed by atoms with van der Waals surface area (Å²) in [6.45, 7) is 0.235. The topological polar surface area (TPSA) is 98.9 Å². The minimum atomic E-state index is -3.65. The second-order valence-corrected chi connectivity index (χ2v) is 8.71. The number of pyridine rings is 1. The second-order valence-electron chi connectivity index (χ2n) is 5.99. The molecule has 1 N–H and O–H groups in total. The van der Waals surface area contributed by atoms with Crippen LogP contribution in [0.15, 0.2) is 51.7 Å². The molecule has 3 aromatic rings. The van der Waals surface area contributed by atoms with Gasteiger partial charge in [0.25, 0.3) is 0 Å². The highest BCUT2D eigenvalue weighted by Crippen LogP contribution is 2.37. The normalized spacial score (nSPS) is 14.6. The van der Waals surface area contributed by atoms with Gasteiger partial charge in [0.05, 0.1) is 11.4 Å². The van der Waals surface area contributed by atoms with Crippen molar-refractivity contribution in [3.8, 4) is 10.7 Å². The predicted molar refractivity (Wildman–Crippen MR) is 97.5 cm³/mol. The van der Waals surface area contributed by atoms with Gasteiger partial charge in [0.2, 0.25) is 10.0 Å². The standard InChI is InChI=1S/C16H17N5O3S2/c22-16-20(9-8-18-26(23,24)13-3-1-7-17-11-13)19-15(14-4-2-10-25-14)21(16)12-5-6-12/h1-4,7,10-12,18H,5-6,8-9H2. The Balaban J connectivity index is 1.53. The van der Waals surface area contributed by atoms with Crippen LogP contribution in [0.5, 0.6) is 0 Å². The van der Waals surface area contributed by atoms with E-state index in [0.717, 1.165) is 17.7 Å². The Morgan fingerprint density at radius 3 is 2.77 bits per heavy atom. The molecular weight excluding hydrogens is 374 g/mol. The van der Waals surface area contributed by atoms with Gasteiger partial charge in [-0.2, -0.15) is 0 Å². The lowest BCUT2D eigenvalue weighted by Crippen LogP contribution is -2.32. The molecule has 0 aromatic carbocycles. The van der Waals surface area contributed by atoms with Gasteiger partial charge in [0.15, 0.2) is 5.82 Å². The molecule has 3 aromatic heterocycles. The van der Waals surface area contributed by atoms with Crippen LogP contribution >= 0.6 is 11.3 Å². The highest BCUT2D eigenvalue weighted by molar-refractivity contribution is 7.89. The average molecular weight is 391 g/mol. The van der Waals surface area contributed by atoms with E-state index < -0.39 is 10.0 Å². The fraction of sp³-hybridized carbons (Fsp3) is 0.312. The van der Waals surface area contributed by atoms with E-state index in [4.69, 9.17) is 0 Å². The molecule has 0 aliphatic heterocycles. The molecule has 8 nitrogen and oxygen atoms in total. The summed E-state index contributed by atoms with van der Waals surface area (Å²) in [7, 11) is -3.65. The molecule has 26 heavy (non-hydrogen) atoms. The van der Waals surface area contributed by atoms with E-state index >= 15 is 0 Å². The summed E-state index contributed by atoms with van der Waals surface area (Å²) in [6, 6.07) is 7.08. The number of aromatic nitrogens is 4. The van der Waals surface area contributed by atoms with E-state index in [1.807, 2.05) is 17.5 Å². The van der Waals surface area contributed by atoms with Gasteiger partial charge in [0, 0.05) is 25.0 Å². The predicted octanol–water partition coefficient (Wildman–Crippen LogP) is 1.48. The van der Waals surface area contributed by atoms with E-state index in [1.54, 1.807) is 10.6 Å². The first-order chi connectivity index (χ1) is 12.6. The summed E-state index contributed by atoms with van der Waals surface area (Å²) >= 11 is 1.53. The molecule has 0 unspecified atom stereocenters. The van der Waals surface area contributed by atoms with Crippen molar-refractivity contribution >= 4 is 21.4 Å². The molecule has 1 aliphatic rings. The summed E-state index contributed by atoms with van der Waals surface area (Å²) in [4.78, 5) is 17.5. The first-order valence-electron chi connectivity index (χ1n) is 8.19. The Morgan fingerprint density at radius 1 is 1.27 bits per heavy atom. The van der Waals surface area contributed by atoms with Crippen LogP contribution in [-0.2, 0) is 16.6 Å². The monoisotopic (exact) mass is 391 g/mol. The average Bonchev–Trinajstić information content (AvgIpc) is 3.21. The fourth-order valence-electron chi connectivity index (χ4n) is 2.68. The van der Waals surface area contributed by atoms with Crippen molar-refractivity contribution in [2.24, 2.45) is 0 Å². The molecule has 136 valence electrons. The van der Waals surface area contributed by atoms with Gasteiger partial charge >= 0.3 is 5.69 Å². The lowest BCUT2D eigenvalue weighted by molar-refractivity contribution is 0.547. The molecule has 1 aliphatic carbocycles. The summed E-state index contributed by atoms with van der Waals surface area (Å²) in [5.41, 5.74) is -0.198. The van der Waals surface area contributed by atoms with Crippen LogP contribution < -0.4 is 10.4 Å². The van der Waals surface area contributed by atoms with Crippen LogP contribution in [0.25, 0.3) is 10.7 Å². The van der Waals surface area contributed by atoms with Crippen molar-refractivity contribution in [2.75, 3.05) is 6.54 Å². The largest absolute Gasteiger partial charge is 0.346 e. The Hall–Kier alpha value is -2.30. The number of nitrogens with zero attached hydrogens (tertiary/aromatic N) is 4. The van der Waals surface area contributed by atoms with Crippen LogP contribution in [-0.4, -0.2) is 34.3 Å². The van der Waals surface area contributed by atoms with Gasteiger partial charge in [-0.3, -0.25) is 9.55 Å². The SMILES string of the molecule is O=c1n(CCNS(=O)(=O)c2cccnc2)nc(-c2cccs2)n1C1CC1. The number of hydrogen-bond donors (Lipinski definition) is 1. The van der Waals surface area contributed by atoms with E-state index in [1.165, 1.54) is 34.5 Å². The summed E-state index contributed by atoms with van der Waals surface area (Å²) in [5.74, 6) is 0.655. The zero-order valence-electron chi connectivity index (χ0n) is 13.8. The smallest absolute Gasteiger partial charge is 0.271 e. The first-order valence-corrected chi connectivity index (χ1v) is 10.6. The summed E-state index contributed by atoms with van der Waals surface area (Å²) < 4.78 is 30.0. The van der Waals surface area contributed by atoms with Crippen molar-refractivity contribution in [1.82, 2.24) is 24.1 Å². The maximum atomic E-state index is 12.7. The quantitative estimate of drug-likeness (QED) is 0.658. The van der Waals surface area contributed by atoms with Crippen molar-refractivity contribution in [2.45, 2.75) is 30.3 Å². The maximum Gasteiger partial charge on any atom is 0.346 e. The zero-order valence-corrected chi connectivity index (χ0v) is 15.4. The lowest BCUT2D eigenvalue weighted by Gasteiger charge is -2.05. The van der Waals surface area contributed by atoms with Gasteiger partial charge in [-0.25, -0.2) is 22.6 Å². The minimum absolute atomic E-state index is 0.0721. The van der Waals surface area contributed by atoms with Crippen LogP contribution in [0.2, 0.25) is 0 Å². The maximum absolute atomic E-state index is 12.7. The van der Waals surface area contributed by atoms with Gasteiger partial charge in [-0.1, -0.05) is 6.07 Å². The Labute approximate surface area is 154 Å². The second kappa shape index (κ2) is 6.78. The third-order valence-corrected chi connectivity index (χ3v) is 6.40. The molecule has 4 rings (SSSR count). The van der Waals surface area contributed by atoms with Crippen molar-refractivity contribution < 1.29 is 8.42 Å². The fourth-order valence-corrected chi connectivity index (χ4v) is 4.37. The molecule has 0 saturated heterocycles. The number of hydrogen-bond acceptors (Lipinski definition) is 6. The minimum Gasteiger partial charge on any atom is -0.271 e. The van der Waals surface area contributed by atoms with Gasteiger partial charge in [-0.15, -0.1) is 16.4 Å². The van der Waals surface area contributed by atoms with Crippen molar-refractivity contribution in [1.29, 1.82) is 0 Å². The van der Waals surface area contributed by atoms with Crippen molar-refractivity contribution in [3.05, 3.63) is 52.5 Å². The van der Waals surface area contributed by atoms with Gasteiger partial charge in [0.1, 0.15) is 4.90 Å². The Kier molecular flexibility index (Phi) is 4.47. The Morgan fingerprint density at radius 2 is 2.12 bits per heavy atom. The molecule has 1 saturated carbocycles. The van der Waals surface area contributed by atoms with Gasteiger partial charge in [-0.05, 0) is 36.4 Å². The molecule has 0 bridgehead atoms. The third-order valence-electron chi connectivity index (χ3n) is 4.08. The number of nitrogens with one attached hydrogen (secondary N) is 1. The zero-order chi connectivity index (χ0) is 18.1. The number of sulfonamides is 1. The molecule has 3 heterocycles. The van der Waals surface area contributed by atoms with Crippen LogP contribution in [0.3, 0.4) is 0 Å². The highest BCUT2D eigenvalue weighted by atomic mass is 32.2. The number of thiophene rings is 1. The van der Waals surface area contributed by atoms with Crippen LogP contribution in [0.4, 0.5) is 0 Å². The molecule has 0 spiro atoms. The van der Waals surface area contributed by atoms with Crippen LogP contribution in [0, 0.1) is 0 Å². The summed E-state index contributed by atoms with van der Waals surface area (Å²) in [5, 5.41) is 6.38. The highest BCUT2D eigenvalue weighted by Gasteiger charge is 2.30. The Bertz CT molecular complexity index is 1050. The lowest BCUT2D eigenvalue weighted by atomic mass is 10.4. The van der Waals surface area contributed by atoms with E-state index in [2.05, 4.69) is 14.8 Å². The molecular formula is C16H17N5O3S2. The molecule has 1 fully saturated rings. The summed E-state index contributed by atoms with van der Waals surface area (Å²) in [6.07, 6.45) is 4.73. The van der Waals surface area contributed by atoms with Crippen molar-refractivity contribution in [3.63, 3.8) is 0 Å². The molecule has 0 radical (unpaired) electrons. The molecule has 0 atom stereocenters. The van der Waals surface area contributed by atoms with E-state index in [-0.39, 0.29) is 29.7 Å². The van der Waals surface area contributed by atoms with E-state index in [0.29, 0.717) is 5.82 Å². The van der Waals surface area contributed by atoms with E-state index in [9.17, 15) is 13.2 Å². The van der Waals surface area contributed by atoms with Crippen LogP contribution in [0.1, 0.15) is 18.9 Å². The molecule has 0 amide bonds. The number of rotatable bonds is 7. The van der Waals surface area contributed by atoms with Gasteiger partial charge < -0.3 is 0 Å². The third kappa shape index (κ3) is 3.35.